The first-order chi connectivity index (χ1) is 13.1. The number of hydrogen-bond donors (Lipinski definition) is 2. The van der Waals surface area contributed by atoms with Gasteiger partial charge in [-0.1, -0.05) is 25.0 Å². The molecule has 2 fully saturated rings. The van der Waals surface area contributed by atoms with Crippen LogP contribution in [0.1, 0.15) is 44.1 Å². The molecule has 2 aliphatic rings. The average Bonchev–Trinajstić information content (AvgIpc) is 3.22. The molecule has 1 saturated carbocycles. The Morgan fingerprint density at radius 1 is 1.29 bits per heavy atom. The van der Waals surface area contributed by atoms with Crippen LogP contribution in [0.3, 0.4) is 0 Å². The summed E-state index contributed by atoms with van der Waals surface area (Å²) in [5.41, 5.74) is 6.04. The molecule has 0 spiro atoms. The quantitative estimate of drug-likeness (QED) is 0.754. The van der Waals surface area contributed by atoms with Crippen molar-refractivity contribution in [2.45, 2.75) is 43.9 Å². The van der Waals surface area contributed by atoms with E-state index in [2.05, 4.69) is 5.32 Å². The van der Waals surface area contributed by atoms with Gasteiger partial charge in [0.1, 0.15) is 5.75 Å². The van der Waals surface area contributed by atoms with Gasteiger partial charge in [-0.05, 0) is 43.4 Å². The Morgan fingerprint density at radius 3 is 2.71 bits per heavy atom. The summed E-state index contributed by atoms with van der Waals surface area (Å²) in [5, 5.41) is 2.87. The van der Waals surface area contributed by atoms with E-state index in [1.807, 2.05) is 29.2 Å². The van der Waals surface area contributed by atoms with Gasteiger partial charge in [0, 0.05) is 26.2 Å². The van der Waals surface area contributed by atoms with E-state index in [9.17, 15) is 9.59 Å². The lowest BCUT2D eigenvalue weighted by Gasteiger charge is -2.39. The van der Waals surface area contributed by atoms with Crippen molar-refractivity contribution in [3.8, 4) is 5.75 Å². The fourth-order valence-electron chi connectivity index (χ4n) is 4.54. The van der Waals surface area contributed by atoms with Gasteiger partial charge >= 0.3 is 0 Å². The smallest absolute Gasteiger partial charge is 0.233 e. The summed E-state index contributed by atoms with van der Waals surface area (Å²) in [4.78, 5) is 27.9. The molecule has 2 amide bonds. The summed E-state index contributed by atoms with van der Waals surface area (Å²) in [7, 11) is 1.65. The van der Waals surface area contributed by atoms with Gasteiger partial charge in [-0.3, -0.25) is 9.59 Å². The molecule has 6 nitrogen and oxygen atoms in total. The van der Waals surface area contributed by atoms with E-state index in [0.29, 0.717) is 19.6 Å². The van der Waals surface area contributed by atoms with E-state index in [4.69, 9.17) is 10.5 Å². The number of amides is 2. The van der Waals surface area contributed by atoms with Crippen molar-refractivity contribution < 1.29 is 14.3 Å². The van der Waals surface area contributed by atoms with Gasteiger partial charge in [0.2, 0.25) is 11.8 Å². The third-order valence-corrected chi connectivity index (χ3v) is 6.01. The first kappa shape index (κ1) is 22.5. The first-order valence-electron chi connectivity index (χ1n) is 10.0. The van der Waals surface area contributed by atoms with E-state index < -0.39 is 5.41 Å². The summed E-state index contributed by atoms with van der Waals surface area (Å²) in [6.45, 7) is 2.14. The Labute approximate surface area is 173 Å². The molecule has 1 aromatic rings. The molecule has 3 rings (SSSR count). The molecule has 1 atom stereocenters. The topological polar surface area (TPSA) is 84.7 Å². The van der Waals surface area contributed by atoms with Gasteiger partial charge in [-0.2, -0.15) is 0 Å². The van der Waals surface area contributed by atoms with Crippen molar-refractivity contribution in [2.75, 3.05) is 33.3 Å². The zero-order chi connectivity index (χ0) is 19.3. The highest BCUT2D eigenvalue weighted by Gasteiger charge is 2.46. The van der Waals surface area contributed by atoms with Crippen LogP contribution in [0.15, 0.2) is 24.3 Å². The van der Waals surface area contributed by atoms with Crippen molar-refractivity contribution in [3.05, 3.63) is 29.8 Å². The summed E-state index contributed by atoms with van der Waals surface area (Å²) in [6, 6.07) is 7.91. The Kier molecular flexibility index (Phi) is 8.13. The minimum absolute atomic E-state index is 0. The number of methoxy groups -OCH3 is 1. The molecule has 1 saturated heterocycles. The van der Waals surface area contributed by atoms with E-state index >= 15 is 0 Å². The Morgan fingerprint density at radius 2 is 2.04 bits per heavy atom. The Bertz CT molecular complexity index is 677. The third-order valence-electron chi connectivity index (χ3n) is 6.01. The van der Waals surface area contributed by atoms with Crippen LogP contribution in [-0.4, -0.2) is 50.0 Å². The highest BCUT2D eigenvalue weighted by molar-refractivity contribution is 5.89. The molecule has 1 aromatic carbocycles. The number of rotatable bonds is 6. The summed E-state index contributed by atoms with van der Waals surface area (Å²) < 4.78 is 5.38. The van der Waals surface area contributed by atoms with Crippen LogP contribution in [0, 0.1) is 5.92 Å². The number of ether oxygens (including phenoxy) is 1. The molecule has 156 valence electrons. The van der Waals surface area contributed by atoms with E-state index in [0.717, 1.165) is 56.4 Å². The molecule has 0 radical (unpaired) electrons. The Balaban J connectivity index is 0.00000280. The molecule has 1 unspecified atom stereocenters. The molecule has 0 bridgehead atoms. The number of nitrogens with zero attached hydrogens (tertiary/aromatic N) is 1. The van der Waals surface area contributed by atoms with Crippen LogP contribution in [-0.2, 0) is 15.0 Å². The van der Waals surface area contributed by atoms with Crippen molar-refractivity contribution in [1.29, 1.82) is 0 Å². The third kappa shape index (κ3) is 4.61. The fourth-order valence-corrected chi connectivity index (χ4v) is 4.54. The van der Waals surface area contributed by atoms with Crippen LogP contribution < -0.4 is 15.8 Å². The van der Waals surface area contributed by atoms with Gasteiger partial charge in [0.05, 0.1) is 18.4 Å². The van der Waals surface area contributed by atoms with Crippen LogP contribution in [0.2, 0.25) is 0 Å². The number of likely N-dealkylation sites (tertiary alicyclic amines) is 1. The highest BCUT2D eigenvalue weighted by atomic mass is 35.5. The molecule has 0 aromatic heterocycles. The molecule has 3 N–H and O–H groups in total. The maximum Gasteiger partial charge on any atom is 0.233 e. The van der Waals surface area contributed by atoms with E-state index in [1.54, 1.807) is 7.11 Å². The number of nitrogens with one attached hydrogen (secondary N) is 1. The summed E-state index contributed by atoms with van der Waals surface area (Å²) >= 11 is 0. The van der Waals surface area contributed by atoms with Crippen LogP contribution >= 0.6 is 12.4 Å². The maximum absolute atomic E-state index is 13.6. The van der Waals surface area contributed by atoms with Crippen LogP contribution in [0.5, 0.6) is 5.75 Å². The van der Waals surface area contributed by atoms with Crippen molar-refractivity contribution >= 4 is 24.2 Å². The Hall–Kier alpha value is -1.79. The van der Waals surface area contributed by atoms with Crippen molar-refractivity contribution in [3.63, 3.8) is 0 Å². The predicted octanol–water partition coefficient (Wildman–Crippen LogP) is 2.24. The molecule has 7 heteroatoms. The number of carbonyl (C=O) groups is 2. The second-order valence-electron chi connectivity index (χ2n) is 7.69. The normalized spacial score (nSPS) is 20.9. The van der Waals surface area contributed by atoms with E-state index in [-0.39, 0.29) is 30.1 Å². The standard InChI is InChI=1S/C21H31N3O3.ClH/c1-27-18-8-4-7-17(14-18)21(9-2-3-10-21)20(26)24-13-5-6-16(15-24)19(25)23-12-11-22;/h4,7-8,14,16H,2-3,5-6,9-13,15,22H2,1H3,(H,23,25);1H. The summed E-state index contributed by atoms with van der Waals surface area (Å²) in [5.74, 6) is 0.826. The van der Waals surface area contributed by atoms with Crippen molar-refractivity contribution in [2.24, 2.45) is 11.7 Å². The molecule has 28 heavy (non-hydrogen) atoms. The second-order valence-corrected chi connectivity index (χ2v) is 7.69. The number of hydrogen-bond acceptors (Lipinski definition) is 4. The molecule has 1 aliphatic carbocycles. The number of piperidine rings is 1. The fraction of sp³-hybridized carbons (Fsp3) is 0.619. The largest absolute Gasteiger partial charge is 0.497 e. The van der Waals surface area contributed by atoms with Crippen LogP contribution in [0.25, 0.3) is 0 Å². The molecule has 1 heterocycles. The maximum atomic E-state index is 13.6. The molecular formula is C21H32ClN3O3. The van der Waals surface area contributed by atoms with Crippen molar-refractivity contribution in [1.82, 2.24) is 10.2 Å². The summed E-state index contributed by atoms with van der Waals surface area (Å²) in [6.07, 6.45) is 5.51. The minimum Gasteiger partial charge on any atom is -0.497 e. The van der Waals surface area contributed by atoms with Gasteiger partial charge in [-0.25, -0.2) is 0 Å². The number of carbonyl (C=O) groups excluding carboxylic acids is 2. The zero-order valence-electron chi connectivity index (χ0n) is 16.6. The van der Waals surface area contributed by atoms with Gasteiger partial charge in [0.25, 0.3) is 0 Å². The molecule has 1 aliphatic heterocycles. The monoisotopic (exact) mass is 409 g/mol. The van der Waals surface area contributed by atoms with Gasteiger partial charge in [0.15, 0.2) is 0 Å². The second kappa shape index (κ2) is 10.1. The van der Waals surface area contributed by atoms with Gasteiger partial charge < -0.3 is 20.7 Å². The first-order valence-corrected chi connectivity index (χ1v) is 10.0. The van der Waals surface area contributed by atoms with E-state index in [1.165, 1.54) is 0 Å². The lowest BCUT2D eigenvalue weighted by Crippen LogP contribution is -2.51. The number of nitrogens with two attached hydrogens (primary N) is 1. The molecular weight excluding hydrogens is 378 g/mol. The van der Waals surface area contributed by atoms with Crippen LogP contribution in [0.4, 0.5) is 0 Å². The SMILES string of the molecule is COc1cccc(C2(C(=O)N3CCCC(C(=O)NCCN)C3)CCCC2)c1.Cl. The average molecular weight is 410 g/mol. The zero-order valence-corrected chi connectivity index (χ0v) is 17.4. The minimum atomic E-state index is -0.482. The lowest BCUT2D eigenvalue weighted by molar-refractivity contribution is -0.141. The highest BCUT2D eigenvalue weighted by Crippen LogP contribution is 2.44. The lowest BCUT2D eigenvalue weighted by atomic mass is 9.76. The predicted molar refractivity (Wildman–Crippen MR) is 112 cm³/mol. The number of benzene rings is 1. The number of halogens is 1. The van der Waals surface area contributed by atoms with Gasteiger partial charge in [-0.15, -0.1) is 12.4 Å².